The molecule has 4 fully saturated rings. The smallest absolute Gasteiger partial charge is 0.397 e. The lowest BCUT2D eigenvalue weighted by atomic mass is 9.87. The van der Waals surface area contributed by atoms with Crippen molar-refractivity contribution in [2.75, 3.05) is 19.9 Å². The van der Waals surface area contributed by atoms with Gasteiger partial charge in [0.05, 0.1) is 36.0 Å². The SMILES string of the molecule is CC1C(SONOO)[C@@H](O[C@@H]2C(OC=O)O[C@@H](O[C@@H]3C(COS(=O)(=O)O)O[C@@H](OCN)C(SONOO)[C@H]3C)[C@@H](OS(=O)(=O)O)C2C)OC(COOO)[C@H]1O[C@@H]1O[C@@H](OC=O)[C@@H](C)C(C)C1OS(=O)(=O)O. The molecule has 4 aliphatic heterocycles. The van der Waals surface area contributed by atoms with Crippen molar-refractivity contribution in [1.82, 2.24) is 11.3 Å². The van der Waals surface area contributed by atoms with E-state index in [0.717, 1.165) is 0 Å². The molecular formula is C30H53N3O33S5. The van der Waals surface area contributed by atoms with Crippen LogP contribution in [0, 0.1) is 29.6 Å². The zero-order valence-corrected chi connectivity index (χ0v) is 41.2. The molecule has 4 heterocycles. The molecular weight excluding hydrogens is 1090 g/mol. The lowest BCUT2D eigenvalue weighted by Crippen LogP contribution is -2.63. The van der Waals surface area contributed by atoms with Gasteiger partial charge >= 0.3 is 31.2 Å². The Balaban J connectivity index is 1.74. The molecule has 4 aliphatic rings. The van der Waals surface area contributed by atoms with Crippen molar-refractivity contribution in [1.29, 1.82) is 0 Å². The molecule has 41 heteroatoms. The van der Waals surface area contributed by atoms with Gasteiger partial charge in [0.2, 0.25) is 12.6 Å². The minimum absolute atomic E-state index is 0.0509. The van der Waals surface area contributed by atoms with E-state index in [0.29, 0.717) is 24.1 Å². The summed E-state index contributed by atoms with van der Waals surface area (Å²) in [5, 5.41) is 28.2. The van der Waals surface area contributed by atoms with E-state index in [1.54, 1.807) is 11.3 Å². The highest BCUT2D eigenvalue weighted by atomic mass is 32.3. The Morgan fingerprint density at radius 2 is 1.01 bits per heavy atom. The highest BCUT2D eigenvalue weighted by Gasteiger charge is 2.57. The van der Waals surface area contributed by atoms with E-state index in [1.807, 2.05) is 0 Å². The van der Waals surface area contributed by atoms with Gasteiger partial charge in [0.1, 0.15) is 37.1 Å². The minimum atomic E-state index is -5.49. The van der Waals surface area contributed by atoms with Crippen LogP contribution in [0.4, 0.5) is 0 Å². The van der Waals surface area contributed by atoms with Crippen molar-refractivity contribution in [3.8, 4) is 0 Å². The standard InChI is InChI=1S/C30H53N3O33S5/c1-11-12(2)25(49-9-34)58-27(21(11)60-70(42,43)44)55-18-15(5)24(68-65-33-63-37)30(54-16(18)6-51-66-38)57-20-13(3)22(61-71(45,46)47)28(59-26(20)50-10-35)56-19-14(4)23(67-64-32-62-36)29(48-8-31)53-17(19)7-52-69(39,40)41/h9-30,32-33,36-38H,6-8,31H2,1-5H3,(H,39,40,41)(H,42,43,44)(H,45,46,47)/t11?,12-,13?,14-,15?,16?,17?,18-,19-,20-,21?,22-,23?,24?,25+,26?,27+,28+,29+,30+/m0/s1. The number of rotatable bonds is 30. The summed E-state index contributed by atoms with van der Waals surface area (Å²) < 4.78 is 184. The Morgan fingerprint density at radius 1 is 0.549 bits per heavy atom. The summed E-state index contributed by atoms with van der Waals surface area (Å²) in [5.74, 6) is -5.29. The van der Waals surface area contributed by atoms with Gasteiger partial charge in [-0.2, -0.15) is 25.3 Å². The fourth-order valence-corrected chi connectivity index (χ4v) is 10.7. The molecule has 0 radical (unpaired) electrons. The Kier molecular flexibility index (Phi) is 24.9. The third-order valence-corrected chi connectivity index (χ3v) is 14.7. The lowest BCUT2D eigenvalue weighted by Gasteiger charge is -2.50. The summed E-state index contributed by atoms with van der Waals surface area (Å²) in [4.78, 5) is 35.6. The molecule has 0 spiro atoms. The van der Waals surface area contributed by atoms with Gasteiger partial charge in [-0.05, 0) is 17.2 Å². The van der Waals surface area contributed by atoms with E-state index in [9.17, 15) is 48.5 Å². The third kappa shape index (κ3) is 18.0. The summed E-state index contributed by atoms with van der Waals surface area (Å²) in [6.45, 7) is 4.73. The summed E-state index contributed by atoms with van der Waals surface area (Å²) in [6.07, 6.45) is -22.0. The molecule has 10 N–H and O–H groups in total. The molecule has 0 aliphatic carbocycles. The maximum Gasteiger partial charge on any atom is 0.397 e. The van der Waals surface area contributed by atoms with Crippen LogP contribution in [0.25, 0.3) is 0 Å². The molecule has 0 aromatic carbocycles. The van der Waals surface area contributed by atoms with Crippen LogP contribution in [-0.4, -0.2) is 179 Å². The van der Waals surface area contributed by atoms with Crippen LogP contribution < -0.4 is 17.0 Å². The van der Waals surface area contributed by atoms with Gasteiger partial charge in [-0.1, -0.05) is 39.7 Å². The lowest BCUT2D eigenvalue weighted by molar-refractivity contribution is -0.499. The Bertz CT molecular complexity index is 1970. The maximum atomic E-state index is 12.5. The van der Waals surface area contributed by atoms with Crippen molar-refractivity contribution in [2.45, 2.75) is 126 Å². The van der Waals surface area contributed by atoms with Crippen molar-refractivity contribution < 1.29 is 153 Å². The molecule has 0 saturated carbocycles. The number of carbonyl (C=O) groups excluding carboxylic acids is 2. The summed E-state index contributed by atoms with van der Waals surface area (Å²) in [6, 6.07) is 0. The molecule has 9 unspecified atom stereocenters. The third-order valence-electron chi connectivity index (χ3n) is 11.2. The average molecular weight is 1140 g/mol. The highest BCUT2D eigenvalue weighted by Crippen LogP contribution is 2.44. The highest BCUT2D eigenvalue weighted by molar-refractivity contribution is 7.95. The Morgan fingerprint density at radius 3 is 1.49 bits per heavy atom. The van der Waals surface area contributed by atoms with Crippen molar-refractivity contribution in [2.24, 2.45) is 35.3 Å². The predicted molar refractivity (Wildman–Crippen MR) is 218 cm³/mol. The number of hydrogen-bond donors (Lipinski definition) is 9. The van der Waals surface area contributed by atoms with Crippen LogP contribution in [0.1, 0.15) is 34.6 Å². The second kappa shape index (κ2) is 28.5. The number of carbonyl (C=O) groups is 2. The molecule has 0 amide bonds. The van der Waals surface area contributed by atoms with Crippen LogP contribution in [0.15, 0.2) is 0 Å². The van der Waals surface area contributed by atoms with E-state index in [4.69, 9.17) is 90.7 Å². The first-order valence-corrected chi connectivity index (χ1v) is 25.8. The first-order valence-electron chi connectivity index (χ1n) is 20.1. The van der Waals surface area contributed by atoms with Crippen molar-refractivity contribution in [3.63, 3.8) is 0 Å². The van der Waals surface area contributed by atoms with Crippen LogP contribution in [0.5, 0.6) is 0 Å². The van der Waals surface area contributed by atoms with Gasteiger partial charge in [0.25, 0.3) is 12.9 Å². The number of ether oxygens (including phenoxy) is 10. The maximum absolute atomic E-state index is 12.5. The molecule has 416 valence electrons. The molecule has 0 aromatic heterocycles. The number of hydrogen-bond acceptors (Lipinski definition) is 35. The zero-order valence-electron chi connectivity index (χ0n) is 37.1. The molecule has 4 rings (SSSR count). The molecule has 71 heavy (non-hydrogen) atoms. The number of nitrogens with one attached hydrogen (secondary N) is 2. The second-order valence-electron chi connectivity index (χ2n) is 15.4. The van der Waals surface area contributed by atoms with Gasteiger partial charge in [-0.3, -0.25) is 23.2 Å². The fraction of sp³-hybridized carbons (Fsp3) is 0.933. The Hall–Kier alpha value is -1.55. The molecule has 0 bridgehead atoms. The fourth-order valence-electron chi connectivity index (χ4n) is 7.82. The quantitative estimate of drug-likeness (QED) is 0.00709. The van der Waals surface area contributed by atoms with Crippen molar-refractivity contribution >= 4 is 68.2 Å². The van der Waals surface area contributed by atoms with Gasteiger partial charge < -0.3 is 53.1 Å². The van der Waals surface area contributed by atoms with E-state index in [-0.39, 0.29) is 12.9 Å². The van der Waals surface area contributed by atoms with Crippen LogP contribution >= 0.6 is 24.1 Å². The van der Waals surface area contributed by atoms with E-state index in [1.165, 1.54) is 34.6 Å². The monoisotopic (exact) mass is 1140 g/mol. The van der Waals surface area contributed by atoms with Gasteiger partial charge in [-0.15, -0.1) is 9.98 Å². The summed E-state index contributed by atoms with van der Waals surface area (Å²) in [5.41, 5.74) is 8.90. The number of nitrogens with two attached hydrogens (primary N) is 1. The predicted octanol–water partition coefficient (Wildman–Crippen LogP) is -2.08. The zero-order chi connectivity index (χ0) is 52.8. The average Bonchev–Trinajstić information content (AvgIpc) is 3.28. The van der Waals surface area contributed by atoms with Gasteiger partial charge in [-0.25, -0.2) is 41.8 Å². The largest absolute Gasteiger partial charge is 0.438 e. The van der Waals surface area contributed by atoms with Gasteiger partial charge in [0, 0.05) is 47.8 Å². The topological polar surface area (TPSA) is 483 Å². The van der Waals surface area contributed by atoms with E-state index in [2.05, 4.69) is 19.2 Å². The van der Waals surface area contributed by atoms with E-state index < -0.39 is 172 Å². The first kappa shape index (κ1) is 62.0. The molecule has 0 aromatic rings. The second-order valence-corrected chi connectivity index (χ2v) is 20.4. The normalized spacial score (nSPS) is 38.4. The molecule has 4 saturated heterocycles. The minimum Gasteiger partial charge on any atom is -0.438 e. The molecule has 20 atom stereocenters. The summed E-state index contributed by atoms with van der Waals surface area (Å²) in [7, 11) is -15.9. The van der Waals surface area contributed by atoms with Crippen molar-refractivity contribution in [3.05, 3.63) is 0 Å². The van der Waals surface area contributed by atoms with Crippen LogP contribution in [0.3, 0.4) is 0 Å². The van der Waals surface area contributed by atoms with Crippen LogP contribution in [-0.2, 0) is 129 Å². The van der Waals surface area contributed by atoms with Crippen LogP contribution in [0.2, 0.25) is 0 Å². The summed E-state index contributed by atoms with van der Waals surface area (Å²) >= 11 is 0.883. The Labute approximate surface area is 411 Å². The van der Waals surface area contributed by atoms with E-state index >= 15 is 0 Å². The van der Waals surface area contributed by atoms with Gasteiger partial charge in [0.15, 0.2) is 25.2 Å². The molecule has 36 nitrogen and oxygen atoms in total. The first-order chi connectivity index (χ1) is 33.4.